The third-order valence-electron chi connectivity index (χ3n) is 3.05. The summed E-state index contributed by atoms with van der Waals surface area (Å²) in [7, 11) is 0. The van der Waals surface area contributed by atoms with Crippen LogP contribution in [0.2, 0.25) is 0 Å². The van der Waals surface area contributed by atoms with Gasteiger partial charge in [-0.1, -0.05) is 18.2 Å². The SMILES string of the molecule is Nc1cccn2nc(Cc3cccc(C(F)(F)F)c3)nc12. The zero-order valence-corrected chi connectivity index (χ0v) is 10.8. The first kappa shape index (κ1) is 13.4. The van der Waals surface area contributed by atoms with Crippen molar-refractivity contribution in [3.8, 4) is 0 Å². The van der Waals surface area contributed by atoms with Gasteiger partial charge in [-0.2, -0.15) is 18.3 Å². The Labute approximate surface area is 118 Å². The van der Waals surface area contributed by atoms with Crippen molar-refractivity contribution in [2.24, 2.45) is 0 Å². The minimum atomic E-state index is -4.35. The van der Waals surface area contributed by atoms with Crippen LogP contribution in [0.4, 0.5) is 18.9 Å². The third kappa shape index (κ3) is 2.67. The minimum Gasteiger partial charge on any atom is -0.396 e. The van der Waals surface area contributed by atoms with Gasteiger partial charge in [0.1, 0.15) is 0 Å². The van der Waals surface area contributed by atoms with E-state index in [1.54, 1.807) is 24.4 Å². The van der Waals surface area contributed by atoms with E-state index in [0.29, 0.717) is 22.7 Å². The first-order valence-electron chi connectivity index (χ1n) is 6.19. The molecule has 7 heteroatoms. The number of alkyl halides is 3. The molecule has 1 aromatic carbocycles. The van der Waals surface area contributed by atoms with Crippen LogP contribution in [-0.2, 0) is 12.6 Å². The molecule has 0 atom stereocenters. The molecule has 2 aromatic heterocycles. The number of nitrogens with two attached hydrogens (primary N) is 1. The first-order chi connectivity index (χ1) is 9.93. The number of hydrogen-bond donors (Lipinski definition) is 1. The Bertz CT molecular complexity index is 792. The predicted molar refractivity (Wildman–Crippen MR) is 71.6 cm³/mol. The van der Waals surface area contributed by atoms with Gasteiger partial charge in [-0.05, 0) is 23.8 Å². The van der Waals surface area contributed by atoms with E-state index in [0.717, 1.165) is 12.1 Å². The Kier molecular flexibility index (Phi) is 3.04. The van der Waals surface area contributed by atoms with Gasteiger partial charge in [-0.15, -0.1) is 0 Å². The molecule has 2 N–H and O–H groups in total. The smallest absolute Gasteiger partial charge is 0.396 e. The molecular formula is C14H11F3N4. The molecule has 0 saturated carbocycles. The summed E-state index contributed by atoms with van der Waals surface area (Å²) >= 11 is 0. The highest BCUT2D eigenvalue weighted by Gasteiger charge is 2.30. The summed E-state index contributed by atoms with van der Waals surface area (Å²) in [5.41, 5.74) is 6.57. The predicted octanol–water partition coefficient (Wildman–Crippen LogP) is 2.92. The van der Waals surface area contributed by atoms with Gasteiger partial charge in [0.25, 0.3) is 0 Å². The van der Waals surface area contributed by atoms with Gasteiger partial charge in [0.05, 0.1) is 11.3 Å². The molecule has 4 nitrogen and oxygen atoms in total. The van der Waals surface area contributed by atoms with Gasteiger partial charge in [0.2, 0.25) is 0 Å². The topological polar surface area (TPSA) is 56.2 Å². The number of fused-ring (bicyclic) bond motifs is 1. The van der Waals surface area contributed by atoms with Crippen LogP contribution in [0.25, 0.3) is 5.65 Å². The molecule has 108 valence electrons. The van der Waals surface area contributed by atoms with E-state index in [9.17, 15) is 13.2 Å². The molecule has 3 aromatic rings. The summed E-state index contributed by atoms with van der Waals surface area (Å²) in [6.45, 7) is 0. The number of pyridine rings is 1. The van der Waals surface area contributed by atoms with Gasteiger partial charge in [-0.25, -0.2) is 9.50 Å². The quantitative estimate of drug-likeness (QED) is 0.790. The summed E-state index contributed by atoms with van der Waals surface area (Å²) in [6.07, 6.45) is -2.45. The summed E-state index contributed by atoms with van der Waals surface area (Å²) in [5, 5.41) is 4.20. The number of nitrogen functional groups attached to an aromatic ring is 1. The van der Waals surface area contributed by atoms with Crippen LogP contribution in [0.15, 0.2) is 42.6 Å². The molecule has 0 aliphatic carbocycles. The highest BCUT2D eigenvalue weighted by molar-refractivity contribution is 5.63. The van der Waals surface area contributed by atoms with Crippen LogP contribution in [-0.4, -0.2) is 14.6 Å². The number of halogens is 3. The minimum absolute atomic E-state index is 0.213. The van der Waals surface area contributed by atoms with Crippen molar-refractivity contribution in [3.63, 3.8) is 0 Å². The standard InChI is InChI=1S/C14H11F3N4/c15-14(16,17)10-4-1-3-9(7-10)8-12-19-13-11(18)5-2-6-21(13)20-12/h1-7H,8,18H2. The molecule has 0 aliphatic rings. The van der Waals surface area contributed by atoms with Crippen LogP contribution in [0.1, 0.15) is 17.0 Å². The van der Waals surface area contributed by atoms with Crippen LogP contribution in [0.5, 0.6) is 0 Å². The van der Waals surface area contributed by atoms with Crippen molar-refractivity contribution in [2.45, 2.75) is 12.6 Å². The lowest BCUT2D eigenvalue weighted by Crippen LogP contribution is -2.05. The van der Waals surface area contributed by atoms with E-state index in [2.05, 4.69) is 10.1 Å². The molecule has 0 spiro atoms. The maximum absolute atomic E-state index is 12.7. The fourth-order valence-electron chi connectivity index (χ4n) is 2.09. The Hall–Kier alpha value is -2.57. The van der Waals surface area contributed by atoms with Gasteiger partial charge >= 0.3 is 6.18 Å². The number of benzene rings is 1. The van der Waals surface area contributed by atoms with E-state index in [-0.39, 0.29) is 6.42 Å². The monoisotopic (exact) mass is 292 g/mol. The van der Waals surface area contributed by atoms with Crippen molar-refractivity contribution < 1.29 is 13.2 Å². The van der Waals surface area contributed by atoms with Gasteiger partial charge in [0, 0.05) is 12.6 Å². The third-order valence-corrected chi connectivity index (χ3v) is 3.05. The molecule has 0 unspecified atom stereocenters. The summed E-state index contributed by atoms with van der Waals surface area (Å²) < 4.78 is 39.5. The van der Waals surface area contributed by atoms with Crippen molar-refractivity contribution in [1.29, 1.82) is 0 Å². The molecule has 3 rings (SSSR count). The number of anilines is 1. The lowest BCUT2D eigenvalue weighted by Gasteiger charge is -2.07. The van der Waals surface area contributed by atoms with E-state index in [1.807, 2.05) is 0 Å². The average molecular weight is 292 g/mol. The van der Waals surface area contributed by atoms with E-state index < -0.39 is 11.7 Å². The average Bonchev–Trinajstić information content (AvgIpc) is 2.82. The first-order valence-corrected chi connectivity index (χ1v) is 6.19. The fraction of sp³-hybridized carbons (Fsp3) is 0.143. The van der Waals surface area contributed by atoms with Crippen molar-refractivity contribution in [2.75, 3.05) is 5.73 Å². The van der Waals surface area contributed by atoms with Crippen molar-refractivity contribution >= 4 is 11.3 Å². The maximum Gasteiger partial charge on any atom is 0.416 e. The second kappa shape index (κ2) is 4.76. The number of aromatic nitrogens is 3. The summed E-state index contributed by atoms with van der Waals surface area (Å²) in [6, 6.07) is 8.56. The molecule has 0 saturated heterocycles. The van der Waals surface area contributed by atoms with E-state index in [1.165, 1.54) is 10.6 Å². The second-order valence-electron chi connectivity index (χ2n) is 4.63. The second-order valence-corrected chi connectivity index (χ2v) is 4.63. The molecule has 21 heavy (non-hydrogen) atoms. The zero-order valence-electron chi connectivity index (χ0n) is 10.8. The van der Waals surface area contributed by atoms with Crippen molar-refractivity contribution in [3.05, 3.63) is 59.5 Å². The Morgan fingerprint density at radius 3 is 2.67 bits per heavy atom. The fourth-order valence-corrected chi connectivity index (χ4v) is 2.09. The van der Waals surface area contributed by atoms with Gasteiger partial charge < -0.3 is 5.73 Å². The van der Waals surface area contributed by atoms with Crippen LogP contribution in [0.3, 0.4) is 0 Å². The lowest BCUT2D eigenvalue weighted by molar-refractivity contribution is -0.137. The highest BCUT2D eigenvalue weighted by atomic mass is 19.4. The van der Waals surface area contributed by atoms with Crippen molar-refractivity contribution in [1.82, 2.24) is 14.6 Å². The largest absolute Gasteiger partial charge is 0.416 e. The van der Waals surface area contributed by atoms with Gasteiger partial charge in [-0.3, -0.25) is 0 Å². The Morgan fingerprint density at radius 1 is 1.14 bits per heavy atom. The number of hydrogen-bond acceptors (Lipinski definition) is 3. The lowest BCUT2D eigenvalue weighted by atomic mass is 10.1. The van der Waals surface area contributed by atoms with Crippen LogP contribution >= 0.6 is 0 Å². The molecule has 0 radical (unpaired) electrons. The molecule has 0 aliphatic heterocycles. The van der Waals surface area contributed by atoms with E-state index in [4.69, 9.17) is 5.73 Å². The summed E-state index contributed by atoms with van der Waals surface area (Å²) in [4.78, 5) is 4.24. The van der Waals surface area contributed by atoms with E-state index >= 15 is 0 Å². The van der Waals surface area contributed by atoms with Crippen LogP contribution < -0.4 is 5.73 Å². The highest BCUT2D eigenvalue weighted by Crippen LogP contribution is 2.29. The number of rotatable bonds is 2. The molecule has 0 bridgehead atoms. The summed E-state index contributed by atoms with van der Waals surface area (Å²) in [5.74, 6) is 0.423. The molecule has 0 fully saturated rings. The van der Waals surface area contributed by atoms with Crippen LogP contribution in [0, 0.1) is 0 Å². The maximum atomic E-state index is 12.7. The van der Waals surface area contributed by atoms with Gasteiger partial charge in [0.15, 0.2) is 11.5 Å². The number of nitrogens with zero attached hydrogens (tertiary/aromatic N) is 3. The zero-order chi connectivity index (χ0) is 15.0. The molecular weight excluding hydrogens is 281 g/mol. The normalized spacial score (nSPS) is 12.0. The Balaban J connectivity index is 1.93. The molecule has 2 heterocycles. The Morgan fingerprint density at radius 2 is 1.95 bits per heavy atom. The molecule has 0 amide bonds.